The SMILES string of the molecule is COc1ccc2c(Cl)c(C(=O)NC(=S)Nc3ccccc3C(=O)NC(C)(C)C)sc2c1. The Kier molecular flexibility index (Phi) is 6.83. The molecular formula is C22H22ClN3O3S2. The van der Waals surface area contributed by atoms with Crippen LogP contribution in [-0.4, -0.2) is 29.6 Å². The second kappa shape index (κ2) is 9.21. The number of carbonyl (C=O) groups is 2. The molecule has 1 heterocycles. The number of hydrogen-bond acceptors (Lipinski definition) is 5. The van der Waals surface area contributed by atoms with Crippen LogP contribution in [0.15, 0.2) is 42.5 Å². The lowest BCUT2D eigenvalue weighted by Crippen LogP contribution is -2.41. The van der Waals surface area contributed by atoms with E-state index in [0.717, 1.165) is 10.1 Å². The number of carbonyl (C=O) groups excluding carboxylic acids is 2. The zero-order valence-corrected chi connectivity index (χ0v) is 19.8. The normalized spacial score (nSPS) is 11.1. The molecule has 3 rings (SSSR count). The fraction of sp³-hybridized carbons (Fsp3) is 0.227. The summed E-state index contributed by atoms with van der Waals surface area (Å²) in [6.07, 6.45) is 0. The van der Waals surface area contributed by atoms with E-state index in [1.807, 2.05) is 32.9 Å². The number of amides is 2. The summed E-state index contributed by atoms with van der Waals surface area (Å²) in [6.45, 7) is 5.70. The number of halogens is 1. The Hall–Kier alpha value is -2.68. The molecule has 0 saturated carbocycles. The molecule has 0 radical (unpaired) electrons. The van der Waals surface area contributed by atoms with Gasteiger partial charge in [-0.15, -0.1) is 11.3 Å². The highest BCUT2D eigenvalue weighted by Crippen LogP contribution is 2.37. The number of para-hydroxylation sites is 1. The molecule has 31 heavy (non-hydrogen) atoms. The minimum Gasteiger partial charge on any atom is -0.497 e. The van der Waals surface area contributed by atoms with Gasteiger partial charge in [0.25, 0.3) is 11.8 Å². The lowest BCUT2D eigenvalue weighted by Gasteiger charge is -2.21. The molecule has 0 fully saturated rings. The summed E-state index contributed by atoms with van der Waals surface area (Å²) in [4.78, 5) is 25.7. The van der Waals surface area contributed by atoms with Gasteiger partial charge in [0.15, 0.2) is 5.11 Å². The van der Waals surface area contributed by atoms with Gasteiger partial charge in [-0.05, 0) is 63.3 Å². The maximum absolute atomic E-state index is 12.8. The monoisotopic (exact) mass is 475 g/mol. The number of ether oxygens (including phenoxy) is 1. The van der Waals surface area contributed by atoms with E-state index in [9.17, 15) is 9.59 Å². The fourth-order valence-corrected chi connectivity index (χ4v) is 4.47. The minimum absolute atomic E-state index is 0.0621. The molecule has 0 aliphatic carbocycles. The van der Waals surface area contributed by atoms with Gasteiger partial charge in [0.2, 0.25) is 0 Å². The van der Waals surface area contributed by atoms with Crippen molar-refractivity contribution >= 4 is 67.9 Å². The smallest absolute Gasteiger partial charge is 0.269 e. The number of fused-ring (bicyclic) bond motifs is 1. The number of rotatable bonds is 4. The molecule has 0 bridgehead atoms. The first-order chi connectivity index (χ1) is 14.6. The van der Waals surface area contributed by atoms with Crippen LogP contribution in [0.2, 0.25) is 5.02 Å². The molecule has 2 aromatic carbocycles. The van der Waals surface area contributed by atoms with Gasteiger partial charge in [0.1, 0.15) is 10.6 Å². The first-order valence-corrected chi connectivity index (χ1v) is 11.0. The molecule has 0 saturated heterocycles. The van der Waals surface area contributed by atoms with Crippen LogP contribution in [0, 0.1) is 0 Å². The molecule has 0 aliphatic rings. The van der Waals surface area contributed by atoms with E-state index in [0.29, 0.717) is 26.9 Å². The molecule has 3 aromatic rings. The largest absolute Gasteiger partial charge is 0.497 e. The Balaban J connectivity index is 1.76. The quantitative estimate of drug-likeness (QED) is 0.451. The van der Waals surface area contributed by atoms with Gasteiger partial charge in [-0.1, -0.05) is 23.7 Å². The summed E-state index contributed by atoms with van der Waals surface area (Å²) in [5.41, 5.74) is 0.516. The molecule has 0 unspecified atom stereocenters. The van der Waals surface area contributed by atoms with Crippen molar-refractivity contribution in [1.29, 1.82) is 0 Å². The van der Waals surface area contributed by atoms with E-state index in [1.165, 1.54) is 11.3 Å². The zero-order chi connectivity index (χ0) is 22.8. The molecule has 2 amide bonds. The highest BCUT2D eigenvalue weighted by atomic mass is 35.5. The van der Waals surface area contributed by atoms with Crippen LogP contribution in [0.3, 0.4) is 0 Å². The Bertz CT molecular complexity index is 1170. The Morgan fingerprint density at radius 1 is 1.10 bits per heavy atom. The molecular weight excluding hydrogens is 454 g/mol. The summed E-state index contributed by atoms with van der Waals surface area (Å²) >= 11 is 13.0. The number of anilines is 1. The number of thiophene rings is 1. The molecule has 1 aromatic heterocycles. The average Bonchev–Trinajstić information content (AvgIpc) is 3.03. The van der Waals surface area contributed by atoms with E-state index in [4.69, 9.17) is 28.6 Å². The fourth-order valence-electron chi connectivity index (χ4n) is 2.83. The Labute approximate surface area is 194 Å². The predicted molar refractivity (Wildman–Crippen MR) is 131 cm³/mol. The topological polar surface area (TPSA) is 79.5 Å². The van der Waals surface area contributed by atoms with E-state index < -0.39 is 5.91 Å². The number of nitrogens with one attached hydrogen (secondary N) is 3. The number of methoxy groups -OCH3 is 1. The van der Waals surface area contributed by atoms with E-state index in [2.05, 4.69) is 16.0 Å². The van der Waals surface area contributed by atoms with Gasteiger partial charge >= 0.3 is 0 Å². The van der Waals surface area contributed by atoms with Crippen LogP contribution in [0.25, 0.3) is 10.1 Å². The summed E-state index contributed by atoms with van der Waals surface area (Å²) in [6, 6.07) is 12.4. The van der Waals surface area contributed by atoms with Crippen molar-refractivity contribution in [3.05, 3.63) is 57.9 Å². The van der Waals surface area contributed by atoms with Gasteiger partial charge in [-0.3, -0.25) is 14.9 Å². The van der Waals surface area contributed by atoms with Gasteiger partial charge < -0.3 is 15.4 Å². The maximum atomic E-state index is 12.8. The summed E-state index contributed by atoms with van der Waals surface area (Å²) in [5.74, 6) is 0.00483. The van der Waals surface area contributed by atoms with Crippen molar-refractivity contribution in [2.75, 3.05) is 12.4 Å². The number of hydrogen-bond donors (Lipinski definition) is 3. The number of benzene rings is 2. The molecule has 6 nitrogen and oxygen atoms in total. The Morgan fingerprint density at radius 3 is 2.48 bits per heavy atom. The lowest BCUT2D eigenvalue weighted by atomic mass is 10.1. The van der Waals surface area contributed by atoms with Gasteiger partial charge in [0.05, 0.1) is 23.4 Å². The molecule has 0 atom stereocenters. The van der Waals surface area contributed by atoms with Crippen molar-refractivity contribution in [3.63, 3.8) is 0 Å². The standard InChI is InChI=1S/C22H22ClN3O3S2/c1-22(2,3)26-19(27)13-7-5-6-8-15(13)24-21(30)25-20(28)18-17(23)14-10-9-12(29-4)11-16(14)31-18/h5-11H,1-4H3,(H,26,27)(H2,24,25,28,30). The van der Waals surface area contributed by atoms with Crippen molar-refractivity contribution in [2.24, 2.45) is 0 Å². The lowest BCUT2D eigenvalue weighted by molar-refractivity contribution is 0.0919. The van der Waals surface area contributed by atoms with E-state index in [-0.39, 0.29) is 16.6 Å². The van der Waals surface area contributed by atoms with Crippen LogP contribution in [0.4, 0.5) is 5.69 Å². The first-order valence-electron chi connectivity index (χ1n) is 9.39. The third kappa shape index (κ3) is 5.52. The maximum Gasteiger partial charge on any atom is 0.269 e. The highest BCUT2D eigenvalue weighted by molar-refractivity contribution is 7.80. The van der Waals surface area contributed by atoms with Crippen LogP contribution in [0.5, 0.6) is 5.75 Å². The minimum atomic E-state index is -0.431. The predicted octanol–water partition coefficient (Wildman–Crippen LogP) is 5.22. The first kappa shape index (κ1) is 23.0. The summed E-state index contributed by atoms with van der Waals surface area (Å²) in [5, 5.41) is 9.66. The number of thiocarbonyl (C=S) groups is 1. The van der Waals surface area contributed by atoms with Crippen molar-refractivity contribution < 1.29 is 14.3 Å². The summed E-state index contributed by atoms with van der Waals surface area (Å²) < 4.78 is 6.05. The van der Waals surface area contributed by atoms with Gasteiger partial charge in [0, 0.05) is 15.6 Å². The molecule has 9 heteroatoms. The average molecular weight is 476 g/mol. The molecule has 162 valence electrons. The molecule has 0 aliphatic heterocycles. The molecule has 0 spiro atoms. The Morgan fingerprint density at radius 2 is 1.81 bits per heavy atom. The second-order valence-electron chi connectivity index (χ2n) is 7.77. The summed E-state index contributed by atoms with van der Waals surface area (Å²) in [7, 11) is 1.58. The van der Waals surface area contributed by atoms with Crippen molar-refractivity contribution in [1.82, 2.24) is 10.6 Å². The van der Waals surface area contributed by atoms with Crippen LogP contribution < -0.4 is 20.7 Å². The third-order valence-electron chi connectivity index (χ3n) is 4.18. The van der Waals surface area contributed by atoms with Crippen molar-refractivity contribution in [2.45, 2.75) is 26.3 Å². The third-order valence-corrected chi connectivity index (χ3v) is 6.04. The zero-order valence-electron chi connectivity index (χ0n) is 17.5. The van der Waals surface area contributed by atoms with Gasteiger partial charge in [-0.25, -0.2) is 0 Å². The van der Waals surface area contributed by atoms with Crippen LogP contribution in [0.1, 0.15) is 40.8 Å². The van der Waals surface area contributed by atoms with E-state index >= 15 is 0 Å². The van der Waals surface area contributed by atoms with Gasteiger partial charge in [-0.2, -0.15) is 0 Å². The second-order valence-corrected chi connectivity index (χ2v) is 9.60. The van der Waals surface area contributed by atoms with Crippen LogP contribution >= 0.6 is 35.2 Å². The van der Waals surface area contributed by atoms with Crippen LogP contribution in [-0.2, 0) is 0 Å². The van der Waals surface area contributed by atoms with Crippen molar-refractivity contribution in [3.8, 4) is 5.75 Å². The van der Waals surface area contributed by atoms with E-state index in [1.54, 1.807) is 37.4 Å². The highest BCUT2D eigenvalue weighted by Gasteiger charge is 2.21. The molecule has 3 N–H and O–H groups in total.